The Morgan fingerprint density at radius 1 is 1.03 bits per heavy atom. The molecule has 3 aromatic rings. The second-order valence-electron chi connectivity index (χ2n) is 7.96. The highest BCUT2D eigenvalue weighted by atomic mass is 16.5. The number of fused-ring (bicyclic) bond motifs is 3. The maximum absolute atomic E-state index is 12.6. The molecule has 1 unspecified atom stereocenters. The monoisotopic (exact) mass is 448 g/mol. The van der Waals surface area contributed by atoms with E-state index in [1.54, 1.807) is 14.0 Å². The van der Waals surface area contributed by atoms with Crippen LogP contribution in [0.25, 0.3) is 11.1 Å². The summed E-state index contributed by atoms with van der Waals surface area (Å²) in [6.07, 6.45) is -0.683. The minimum Gasteiger partial charge on any atom is -0.475 e. The average Bonchev–Trinajstić information content (AvgIpc) is 3.40. The van der Waals surface area contributed by atoms with Crippen LogP contribution < -0.4 is 5.32 Å². The second kappa shape index (κ2) is 9.20. The van der Waals surface area contributed by atoms with Crippen molar-refractivity contribution >= 4 is 18.0 Å². The van der Waals surface area contributed by atoms with Gasteiger partial charge in [-0.3, -0.25) is 4.79 Å². The number of nitrogens with zero attached hydrogens (tertiary/aromatic N) is 1. The summed E-state index contributed by atoms with van der Waals surface area (Å²) in [6.45, 7) is 1.79. The SMILES string of the molecule is CC(NC(=O)OCC1c2ccccc2-c2ccccc21)C(=O)N(C)Cc1ccc(C(=O)O)o1. The molecule has 170 valence electrons. The molecule has 0 spiro atoms. The number of carboxylic acids is 1. The normalized spacial score (nSPS) is 13.0. The molecule has 1 aliphatic carbocycles. The topological polar surface area (TPSA) is 109 Å². The zero-order valence-corrected chi connectivity index (χ0v) is 18.3. The molecule has 1 aliphatic rings. The van der Waals surface area contributed by atoms with Gasteiger partial charge >= 0.3 is 12.1 Å². The minimum atomic E-state index is -1.18. The van der Waals surface area contributed by atoms with Gasteiger partial charge in [0.1, 0.15) is 18.4 Å². The van der Waals surface area contributed by atoms with E-state index in [1.165, 1.54) is 17.0 Å². The van der Waals surface area contributed by atoms with Crippen LogP contribution in [0.2, 0.25) is 0 Å². The first-order valence-corrected chi connectivity index (χ1v) is 10.5. The molecule has 2 aromatic carbocycles. The first kappa shape index (κ1) is 22.1. The lowest BCUT2D eigenvalue weighted by Gasteiger charge is -2.21. The molecule has 1 atom stereocenters. The smallest absolute Gasteiger partial charge is 0.407 e. The number of aromatic carboxylic acids is 1. The third-order valence-corrected chi connectivity index (χ3v) is 5.69. The number of nitrogens with one attached hydrogen (secondary N) is 1. The van der Waals surface area contributed by atoms with Gasteiger partial charge in [0, 0.05) is 13.0 Å². The molecule has 0 bridgehead atoms. The van der Waals surface area contributed by atoms with E-state index >= 15 is 0 Å². The van der Waals surface area contributed by atoms with E-state index in [-0.39, 0.29) is 30.7 Å². The maximum atomic E-state index is 12.6. The van der Waals surface area contributed by atoms with E-state index in [9.17, 15) is 14.4 Å². The fraction of sp³-hybridized carbons (Fsp3) is 0.240. The molecule has 1 aromatic heterocycles. The van der Waals surface area contributed by atoms with Gasteiger partial charge in [-0.25, -0.2) is 9.59 Å². The predicted molar refractivity (Wildman–Crippen MR) is 120 cm³/mol. The molecule has 0 aliphatic heterocycles. The van der Waals surface area contributed by atoms with Crippen molar-refractivity contribution in [3.05, 3.63) is 83.3 Å². The quantitative estimate of drug-likeness (QED) is 0.568. The number of hydrogen-bond donors (Lipinski definition) is 2. The highest BCUT2D eigenvalue weighted by Crippen LogP contribution is 2.44. The fourth-order valence-electron chi connectivity index (χ4n) is 4.10. The van der Waals surface area contributed by atoms with Crippen molar-refractivity contribution in [2.45, 2.75) is 25.4 Å². The maximum Gasteiger partial charge on any atom is 0.407 e. The van der Waals surface area contributed by atoms with E-state index in [0.717, 1.165) is 22.3 Å². The first-order valence-electron chi connectivity index (χ1n) is 10.5. The number of ether oxygens (including phenoxy) is 1. The van der Waals surface area contributed by atoms with Crippen LogP contribution in [0.15, 0.2) is 65.1 Å². The van der Waals surface area contributed by atoms with Crippen LogP contribution in [0.4, 0.5) is 4.79 Å². The Bertz CT molecular complexity index is 1160. The number of furan rings is 1. The summed E-state index contributed by atoms with van der Waals surface area (Å²) in [6, 6.07) is 18.1. The summed E-state index contributed by atoms with van der Waals surface area (Å²) in [4.78, 5) is 37.3. The fourth-order valence-corrected chi connectivity index (χ4v) is 4.10. The van der Waals surface area contributed by atoms with Crippen LogP contribution in [0, 0.1) is 0 Å². The number of likely N-dealkylation sites (N-methyl/N-ethyl adjacent to an activating group) is 1. The molecular formula is C25H24N2O6. The summed E-state index contributed by atoms with van der Waals surface area (Å²) in [5.74, 6) is -1.48. The third-order valence-electron chi connectivity index (χ3n) is 5.69. The molecule has 4 rings (SSSR count). The summed E-state index contributed by atoms with van der Waals surface area (Å²) in [7, 11) is 1.54. The Kier molecular flexibility index (Phi) is 6.17. The van der Waals surface area contributed by atoms with Crippen molar-refractivity contribution in [1.29, 1.82) is 0 Å². The van der Waals surface area contributed by atoms with E-state index < -0.39 is 18.1 Å². The largest absolute Gasteiger partial charge is 0.475 e. The number of hydrogen-bond acceptors (Lipinski definition) is 5. The zero-order chi connectivity index (χ0) is 23.5. The van der Waals surface area contributed by atoms with Crippen molar-refractivity contribution in [3.8, 4) is 11.1 Å². The number of benzene rings is 2. The Morgan fingerprint density at radius 3 is 2.21 bits per heavy atom. The van der Waals surface area contributed by atoms with Gasteiger partial charge in [0.25, 0.3) is 0 Å². The van der Waals surface area contributed by atoms with Crippen LogP contribution in [-0.2, 0) is 16.1 Å². The van der Waals surface area contributed by atoms with Gasteiger partial charge in [-0.1, -0.05) is 48.5 Å². The lowest BCUT2D eigenvalue weighted by Crippen LogP contribution is -2.45. The number of carboxylic acid groups (broad SMARTS) is 1. The molecule has 8 heteroatoms. The number of alkyl carbamates (subject to hydrolysis) is 1. The summed E-state index contributed by atoms with van der Waals surface area (Å²) in [5, 5.41) is 11.5. The summed E-state index contributed by atoms with van der Waals surface area (Å²) >= 11 is 0. The van der Waals surface area contributed by atoms with Crippen molar-refractivity contribution < 1.29 is 28.6 Å². The average molecular weight is 448 g/mol. The van der Waals surface area contributed by atoms with Gasteiger partial charge in [0.15, 0.2) is 0 Å². The Hall–Kier alpha value is -4.07. The standard InChI is InChI=1S/C25H24N2O6/c1-15(23(28)27(2)13-16-11-12-22(33-16)24(29)30)26-25(31)32-14-21-19-9-5-3-7-17(19)18-8-4-6-10-20(18)21/h3-12,15,21H,13-14H2,1-2H3,(H,26,31)(H,29,30). The van der Waals surface area contributed by atoms with Gasteiger partial charge in [-0.2, -0.15) is 0 Å². The molecule has 0 radical (unpaired) electrons. The highest BCUT2D eigenvalue weighted by molar-refractivity contribution is 5.86. The van der Waals surface area contributed by atoms with Crippen LogP contribution in [-0.4, -0.2) is 47.7 Å². The van der Waals surface area contributed by atoms with Crippen LogP contribution in [0.5, 0.6) is 0 Å². The van der Waals surface area contributed by atoms with Gasteiger partial charge in [-0.05, 0) is 41.3 Å². The molecule has 0 saturated carbocycles. The van der Waals surface area contributed by atoms with Gasteiger partial charge in [-0.15, -0.1) is 0 Å². The van der Waals surface area contributed by atoms with E-state index in [1.807, 2.05) is 36.4 Å². The van der Waals surface area contributed by atoms with Crippen molar-refractivity contribution in [1.82, 2.24) is 10.2 Å². The lowest BCUT2D eigenvalue weighted by molar-refractivity contribution is -0.132. The summed E-state index contributed by atoms with van der Waals surface area (Å²) < 4.78 is 10.7. The van der Waals surface area contributed by atoms with E-state index in [0.29, 0.717) is 5.76 Å². The first-order chi connectivity index (χ1) is 15.8. The zero-order valence-electron chi connectivity index (χ0n) is 18.3. The predicted octanol–water partition coefficient (Wildman–Crippen LogP) is 3.86. The minimum absolute atomic E-state index is 0.0702. The molecule has 8 nitrogen and oxygen atoms in total. The third kappa shape index (κ3) is 4.59. The van der Waals surface area contributed by atoms with Crippen LogP contribution in [0.3, 0.4) is 0 Å². The molecule has 0 saturated heterocycles. The van der Waals surface area contributed by atoms with Crippen molar-refractivity contribution in [2.75, 3.05) is 13.7 Å². The highest BCUT2D eigenvalue weighted by Gasteiger charge is 2.29. The van der Waals surface area contributed by atoms with Crippen molar-refractivity contribution in [2.24, 2.45) is 0 Å². The molecule has 33 heavy (non-hydrogen) atoms. The lowest BCUT2D eigenvalue weighted by atomic mass is 9.98. The van der Waals surface area contributed by atoms with Crippen LogP contribution >= 0.6 is 0 Å². The Balaban J connectivity index is 1.33. The van der Waals surface area contributed by atoms with Gasteiger partial charge in [0.05, 0.1) is 6.54 Å². The van der Waals surface area contributed by atoms with Crippen molar-refractivity contribution in [3.63, 3.8) is 0 Å². The van der Waals surface area contributed by atoms with Gasteiger partial charge < -0.3 is 24.5 Å². The number of amides is 2. The molecule has 1 heterocycles. The Morgan fingerprint density at radius 2 is 1.64 bits per heavy atom. The number of carbonyl (C=O) groups excluding carboxylic acids is 2. The second-order valence-corrected chi connectivity index (χ2v) is 7.96. The van der Waals surface area contributed by atoms with E-state index in [4.69, 9.17) is 14.3 Å². The molecule has 2 amide bonds. The van der Waals surface area contributed by atoms with Crippen LogP contribution in [0.1, 0.15) is 40.3 Å². The molecule has 2 N–H and O–H groups in total. The number of rotatable bonds is 7. The number of carbonyl (C=O) groups is 3. The molecular weight excluding hydrogens is 424 g/mol. The molecule has 0 fully saturated rings. The Labute approximate surface area is 190 Å². The van der Waals surface area contributed by atoms with Gasteiger partial charge in [0.2, 0.25) is 11.7 Å². The summed E-state index contributed by atoms with van der Waals surface area (Å²) in [5.41, 5.74) is 4.48. The van der Waals surface area contributed by atoms with E-state index in [2.05, 4.69) is 17.4 Å².